The van der Waals surface area contributed by atoms with Gasteiger partial charge in [-0.15, -0.1) is 0 Å². The molecule has 8 rings (SSSR count). The number of amides is 1. The number of aryl methyl sites for hydroxylation is 4. The minimum atomic E-state index is -0.229. The van der Waals surface area contributed by atoms with E-state index in [0.717, 1.165) is 97.4 Å². The Labute approximate surface area is 322 Å². The SMILES string of the molecule is CCOC(=O)N1CCC(=C2c3ccc(Cl)cc3CCc3cc(OC)cnc32)CC1.COc1cnc2c(c1)CCc1cc(Cl)ccc1C2=C1CCNCC1. The number of benzene rings is 2. The van der Waals surface area contributed by atoms with Crippen molar-refractivity contribution >= 4 is 40.4 Å². The number of hydrogen-bond acceptors (Lipinski definition) is 7. The van der Waals surface area contributed by atoms with E-state index in [4.69, 9.17) is 47.4 Å². The molecule has 0 radical (unpaired) electrons. The maximum atomic E-state index is 12.1. The third-order valence-electron chi connectivity index (χ3n) is 10.6. The van der Waals surface area contributed by atoms with Crippen LogP contribution >= 0.6 is 23.2 Å². The molecule has 0 saturated carbocycles. The number of fused-ring (bicyclic) bond motifs is 4. The standard InChI is InChI=1S/C23H25ClN2O3.C20H21ClN2O/c1-3-29-23(27)26-10-8-15(9-11-26)21-20-7-6-18(24)12-16(20)4-5-17-13-19(28-2)14-25-22(17)21;1-24-17-11-15-3-2-14-10-16(21)4-5-18(14)19(20(15)23-12-17)13-6-8-22-9-7-13/h6-7,12-14H,3-5,8-11H2,1-2H3;4-5,10-12,22H,2-3,6-9H2,1H3. The summed E-state index contributed by atoms with van der Waals surface area (Å²) in [4.78, 5) is 23.5. The minimum Gasteiger partial charge on any atom is -0.495 e. The third-order valence-corrected chi connectivity index (χ3v) is 11.1. The number of nitrogens with zero attached hydrogens (tertiary/aromatic N) is 3. The molecule has 2 aliphatic heterocycles. The molecule has 276 valence electrons. The Morgan fingerprint density at radius 2 is 1.15 bits per heavy atom. The molecule has 2 aromatic heterocycles. The van der Waals surface area contributed by atoms with Crippen LogP contribution in [0.5, 0.6) is 11.5 Å². The minimum absolute atomic E-state index is 0.229. The summed E-state index contributed by atoms with van der Waals surface area (Å²) in [6.45, 7) is 5.62. The molecule has 2 fully saturated rings. The Morgan fingerprint density at radius 3 is 1.62 bits per heavy atom. The molecule has 1 amide bonds. The van der Waals surface area contributed by atoms with Gasteiger partial charge in [0.25, 0.3) is 0 Å². The Balaban J connectivity index is 0.000000167. The smallest absolute Gasteiger partial charge is 0.409 e. The average molecular weight is 754 g/mol. The van der Waals surface area contributed by atoms with E-state index in [-0.39, 0.29) is 6.09 Å². The fourth-order valence-corrected chi connectivity index (χ4v) is 8.36. The maximum absolute atomic E-state index is 12.1. The molecule has 53 heavy (non-hydrogen) atoms. The highest BCUT2D eigenvalue weighted by molar-refractivity contribution is 6.31. The molecular formula is C43H46Cl2N4O4. The van der Waals surface area contributed by atoms with E-state index >= 15 is 0 Å². The molecule has 2 saturated heterocycles. The summed E-state index contributed by atoms with van der Waals surface area (Å²) < 4.78 is 16.0. The van der Waals surface area contributed by atoms with Crippen LogP contribution in [0.25, 0.3) is 11.1 Å². The van der Waals surface area contributed by atoms with Gasteiger partial charge in [0, 0.05) is 34.3 Å². The largest absolute Gasteiger partial charge is 0.495 e. The number of likely N-dealkylation sites (tertiary alicyclic amines) is 1. The number of piperidine rings is 2. The van der Waals surface area contributed by atoms with E-state index in [1.807, 2.05) is 25.3 Å². The first kappa shape index (κ1) is 37.0. The molecule has 1 N–H and O–H groups in total. The number of carbonyl (C=O) groups is 1. The van der Waals surface area contributed by atoms with Crippen molar-refractivity contribution in [1.29, 1.82) is 0 Å². The fourth-order valence-electron chi connectivity index (χ4n) is 7.97. The number of halogens is 2. The Kier molecular flexibility index (Phi) is 11.7. The van der Waals surface area contributed by atoms with Crippen molar-refractivity contribution < 1.29 is 19.0 Å². The summed E-state index contributed by atoms with van der Waals surface area (Å²) in [6, 6.07) is 16.6. The second kappa shape index (κ2) is 16.8. The van der Waals surface area contributed by atoms with Crippen molar-refractivity contribution in [1.82, 2.24) is 20.2 Å². The van der Waals surface area contributed by atoms with Crippen LogP contribution in [0.3, 0.4) is 0 Å². The molecule has 2 aliphatic carbocycles. The first-order chi connectivity index (χ1) is 25.9. The highest BCUT2D eigenvalue weighted by atomic mass is 35.5. The Morgan fingerprint density at radius 1 is 0.679 bits per heavy atom. The summed E-state index contributed by atoms with van der Waals surface area (Å²) >= 11 is 12.6. The summed E-state index contributed by atoms with van der Waals surface area (Å²) in [6.07, 6.45) is 10.9. The van der Waals surface area contributed by atoms with E-state index in [9.17, 15) is 4.79 Å². The van der Waals surface area contributed by atoms with Gasteiger partial charge in [0.1, 0.15) is 11.5 Å². The van der Waals surface area contributed by atoms with E-state index in [1.54, 1.807) is 25.3 Å². The predicted octanol–water partition coefficient (Wildman–Crippen LogP) is 8.92. The van der Waals surface area contributed by atoms with Crippen molar-refractivity contribution in [3.05, 3.63) is 127 Å². The third kappa shape index (κ3) is 8.10. The molecule has 0 unspecified atom stereocenters. The second-order valence-corrected chi connectivity index (χ2v) is 14.6. The zero-order valence-corrected chi connectivity index (χ0v) is 32.2. The summed E-state index contributed by atoms with van der Waals surface area (Å²) in [5.74, 6) is 1.60. The van der Waals surface area contributed by atoms with Crippen molar-refractivity contribution in [2.24, 2.45) is 0 Å². The van der Waals surface area contributed by atoms with Crippen LogP contribution in [0.2, 0.25) is 10.0 Å². The Hall–Kier alpha value is -4.37. The van der Waals surface area contributed by atoms with E-state index in [2.05, 4.69) is 41.7 Å². The van der Waals surface area contributed by atoms with Gasteiger partial charge in [0.05, 0.1) is 44.6 Å². The lowest BCUT2D eigenvalue weighted by Gasteiger charge is -2.29. The van der Waals surface area contributed by atoms with Gasteiger partial charge in [-0.25, -0.2) is 4.79 Å². The average Bonchev–Trinajstić information content (AvgIpc) is 3.45. The van der Waals surface area contributed by atoms with E-state index < -0.39 is 0 Å². The number of pyridine rings is 2. The van der Waals surface area contributed by atoms with Crippen LogP contribution in [0.15, 0.2) is 72.1 Å². The molecular weight excluding hydrogens is 707 g/mol. The lowest BCUT2D eigenvalue weighted by Crippen LogP contribution is -2.37. The quantitative estimate of drug-likeness (QED) is 0.224. The molecule has 4 heterocycles. The van der Waals surface area contributed by atoms with Gasteiger partial charge in [-0.3, -0.25) is 9.97 Å². The van der Waals surface area contributed by atoms with Crippen LogP contribution < -0.4 is 14.8 Å². The van der Waals surface area contributed by atoms with Gasteiger partial charge in [-0.1, -0.05) is 46.5 Å². The summed E-state index contributed by atoms with van der Waals surface area (Å²) in [5.41, 5.74) is 15.0. The van der Waals surface area contributed by atoms with Crippen molar-refractivity contribution in [3.63, 3.8) is 0 Å². The number of rotatable bonds is 3. The zero-order chi connectivity index (χ0) is 36.9. The van der Waals surface area contributed by atoms with Gasteiger partial charge in [0.2, 0.25) is 0 Å². The molecule has 0 atom stereocenters. The molecule has 4 aliphatic rings. The van der Waals surface area contributed by atoms with Gasteiger partial charge in [-0.05, 0) is 141 Å². The Bertz CT molecular complexity index is 2060. The van der Waals surface area contributed by atoms with Gasteiger partial charge in [0.15, 0.2) is 0 Å². The molecule has 0 bridgehead atoms. The topological polar surface area (TPSA) is 85.8 Å². The number of carbonyl (C=O) groups excluding carboxylic acids is 1. The van der Waals surface area contributed by atoms with Crippen LogP contribution in [-0.4, -0.2) is 68.0 Å². The van der Waals surface area contributed by atoms with Crippen molar-refractivity contribution in [2.45, 2.75) is 58.3 Å². The van der Waals surface area contributed by atoms with E-state index in [0.29, 0.717) is 19.7 Å². The highest BCUT2D eigenvalue weighted by Gasteiger charge is 2.28. The first-order valence-electron chi connectivity index (χ1n) is 18.6. The second-order valence-electron chi connectivity index (χ2n) is 13.8. The monoisotopic (exact) mass is 752 g/mol. The zero-order valence-electron chi connectivity index (χ0n) is 30.7. The van der Waals surface area contributed by atoms with Crippen LogP contribution in [-0.2, 0) is 30.4 Å². The predicted molar refractivity (Wildman–Crippen MR) is 211 cm³/mol. The van der Waals surface area contributed by atoms with E-state index in [1.165, 1.54) is 55.7 Å². The maximum Gasteiger partial charge on any atom is 0.409 e. The fraction of sp³-hybridized carbons (Fsp3) is 0.372. The lowest BCUT2D eigenvalue weighted by atomic mass is 9.88. The summed E-state index contributed by atoms with van der Waals surface area (Å²) in [5, 5.41) is 5.01. The molecule has 2 aromatic carbocycles. The number of hydrogen-bond donors (Lipinski definition) is 1. The number of methoxy groups -OCH3 is 2. The van der Waals surface area contributed by atoms with Crippen molar-refractivity contribution in [3.8, 4) is 11.5 Å². The number of ether oxygens (including phenoxy) is 3. The number of aromatic nitrogens is 2. The summed E-state index contributed by atoms with van der Waals surface area (Å²) in [7, 11) is 3.36. The lowest BCUT2D eigenvalue weighted by molar-refractivity contribution is 0.104. The normalized spacial score (nSPS) is 16.5. The van der Waals surface area contributed by atoms with Crippen LogP contribution in [0, 0.1) is 0 Å². The molecule has 8 nitrogen and oxygen atoms in total. The van der Waals surface area contributed by atoms with Gasteiger partial charge < -0.3 is 24.4 Å². The van der Waals surface area contributed by atoms with Crippen LogP contribution in [0.1, 0.15) is 77.4 Å². The molecule has 0 spiro atoms. The molecule has 10 heteroatoms. The molecule has 4 aromatic rings. The van der Waals surface area contributed by atoms with Gasteiger partial charge in [-0.2, -0.15) is 0 Å². The van der Waals surface area contributed by atoms with Gasteiger partial charge >= 0.3 is 6.09 Å². The number of nitrogens with one attached hydrogen (secondary N) is 1. The first-order valence-corrected chi connectivity index (χ1v) is 19.3. The highest BCUT2D eigenvalue weighted by Crippen LogP contribution is 2.40. The van der Waals surface area contributed by atoms with Crippen LogP contribution in [0.4, 0.5) is 4.79 Å². The van der Waals surface area contributed by atoms with Crippen molar-refractivity contribution in [2.75, 3.05) is 47.0 Å².